The molecule has 2 atom stereocenters. The molecule has 1 aromatic rings. The van der Waals surface area contributed by atoms with Crippen molar-refractivity contribution in [2.45, 2.75) is 17.8 Å². The van der Waals surface area contributed by atoms with Crippen molar-refractivity contribution < 1.29 is 29.0 Å². The van der Waals surface area contributed by atoms with E-state index >= 15 is 0 Å². The lowest BCUT2D eigenvalue weighted by Gasteiger charge is -2.49. The molecule has 1 aromatic heterocycles. The van der Waals surface area contributed by atoms with E-state index in [-0.39, 0.29) is 29.5 Å². The fourth-order valence-electron chi connectivity index (χ4n) is 2.66. The Morgan fingerprint density at radius 1 is 1.42 bits per heavy atom. The summed E-state index contributed by atoms with van der Waals surface area (Å²) in [7, 11) is 0. The van der Waals surface area contributed by atoms with Crippen LogP contribution in [0.25, 0.3) is 0 Å². The quantitative estimate of drug-likeness (QED) is 0.527. The minimum Gasteiger partial charge on any atom is -0.485 e. The largest absolute Gasteiger partial charge is 0.485 e. The minimum absolute atomic E-state index is 0.00858. The van der Waals surface area contributed by atoms with Crippen molar-refractivity contribution in [3.63, 3.8) is 0 Å². The smallest absolute Gasteiger partial charge is 0.356 e. The molecule has 0 aromatic carbocycles. The third kappa shape index (κ3) is 3.53. The SMILES string of the molecule is NC(=O)COC1=C(C(=O)O)N2C(=O)[C@H](NC(=O)Cc3cccs3)[C@H]2SC1. The number of fused-ring (bicyclic) bond motifs is 1. The van der Waals surface area contributed by atoms with Gasteiger partial charge < -0.3 is 20.9 Å². The molecule has 2 aliphatic rings. The molecule has 0 spiro atoms. The summed E-state index contributed by atoms with van der Waals surface area (Å²) in [5, 5.41) is 13.4. The van der Waals surface area contributed by atoms with E-state index in [2.05, 4.69) is 5.32 Å². The number of hydrogen-bond acceptors (Lipinski definition) is 7. The summed E-state index contributed by atoms with van der Waals surface area (Å²) in [4.78, 5) is 48.8. The molecular formula is C15H15N3O6S2. The molecule has 3 heterocycles. The van der Waals surface area contributed by atoms with Gasteiger partial charge in [0.1, 0.15) is 17.2 Å². The molecule has 138 valence electrons. The predicted octanol–water partition coefficient (Wildman–Crippen LogP) is -0.511. The molecule has 0 unspecified atom stereocenters. The molecule has 3 rings (SSSR count). The summed E-state index contributed by atoms with van der Waals surface area (Å²) >= 11 is 2.69. The zero-order chi connectivity index (χ0) is 18.8. The Labute approximate surface area is 156 Å². The number of carboxylic acids is 1. The van der Waals surface area contributed by atoms with E-state index in [1.165, 1.54) is 23.1 Å². The Morgan fingerprint density at radius 3 is 2.81 bits per heavy atom. The van der Waals surface area contributed by atoms with E-state index in [0.29, 0.717) is 0 Å². The number of nitrogens with zero attached hydrogens (tertiary/aromatic N) is 1. The lowest BCUT2D eigenvalue weighted by atomic mass is 10.0. The van der Waals surface area contributed by atoms with E-state index in [1.807, 2.05) is 17.5 Å². The van der Waals surface area contributed by atoms with Crippen LogP contribution in [0.4, 0.5) is 0 Å². The van der Waals surface area contributed by atoms with Crippen LogP contribution in [-0.4, -0.2) is 57.5 Å². The summed E-state index contributed by atoms with van der Waals surface area (Å²) in [6.45, 7) is -0.472. The summed E-state index contributed by atoms with van der Waals surface area (Å²) < 4.78 is 5.13. The average molecular weight is 397 g/mol. The lowest BCUT2D eigenvalue weighted by Crippen LogP contribution is -2.70. The summed E-state index contributed by atoms with van der Waals surface area (Å²) in [6.07, 6.45) is 0.160. The number of nitrogens with one attached hydrogen (secondary N) is 1. The van der Waals surface area contributed by atoms with Crippen molar-refractivity contribution >= 4 is 46.8 Å². The Kier molecular flexibility index (Phi) is 5.18. The van der Waals surface area contributed by atoms with Gasteiger partial charge in [0.15, 0.2) is 12.3 Å². The second-order valence-electron chi connectivity index (χ2n) is 5.54. The molecule has 0 bridgehead atoms. The van der Waals surface area contributed by atoms with Crippen LogP contribution >= 0.6 is 23.1 Å². The maximum atomic E-state index is 12.4. The number of aliphatic carboxylic acids is 1. The Hall–Kier alpha value is -2.53. The highest BCUT2D eigenvalue weighted by Crippen LogP contribution is 2.40. The number of carbonyl (C=O) groups is 4. The van der Waals surface area contributed by atoms with Crippen molar-refractivity contribution in [3.05, 3.63) is 33.8 Å². The van der Waals surface area contributed by atoms with Gasteiger partial charge in [0, 0.05) is 4.88 Å². The molecule has 0 aliphatic carbocycles. The third-order valence-corrected chi connectivity index (χ3v) is 5.89. The Morgan fingerprint density at radius 2 is 2.19 bits per heavy atom. The van der Waals surface area contributed by atoms with Gasteiger partial charge >= 0.3 is 5.97 Å². The maximum absolute atomic E-state index is 12.4. The van der Waals surface area contributed by atoms with Crippen LogP contribution < -0.4 is 11.1 Å². The number of primary amides is 1. The fourth-order valence-corrected chi connectivity index (χ4v) is 4.64. The van der Waals surface area contributed by atoms with Gasteiger partial charge in [-0.1, -0.05) is 6.07 Å². The van der Waals surface area contributed by atoms with E-state index in [1.54, 1.807) is 0 Å². The predicted molar refractivity (Wildman–Crippen MR) is 92.9 cm³/mol. The average Bonchev–Trinajstić information content (AvgIpc) is 3.09. The topological polar surface area (TPSA) is 139 Å². The van der Waals surface area contributed by atoms with Crippen LogP contribution in [0.1, 0.15) is 4.88 Å². The number of carboxylic acid groups (broad SMARTS) is 1. The summed E-state index contributed by atoms with van der Waals surface area (Å²) in [5.74, 6) is -2.76. The maximum Gasteiger partial charge on any atom is 0.356 e. The van der Waals surface area contributed by atoms with Gasteiger partial charge in [0.05, 0.1) is 12.2 Å². The van der Waals surface area contributed by atoms with E-state index < -0.39 is 35.8 Å². The van der Waals surface area contributed by atoms with Gasteiger partial charge in [-0.15, -0.1) is 23.1 Å². The van der Waals surface area contributed by atoms with Crippen molar-refractivity contribution in [3.8, 4) is 0 Å². The van der Waals surface area contributed by atoms with Gasteiger partial charge in [-0.3, -0.25) is 19.3 Å². The number of thioether (sulfide) groups is 1. The highest BCUT2D eigenvalue weighted by molar-refractivity contribution is 8.00. The van der Waals surface area contributed by atoms with Crippen molar-refractivity contribution in [1.29, 1.82) is 0 Å². The molecule has 1 fully saturated rings. The van der Waals surface area contributed by atoms with Crippen LogP contribution in [0.15, 0.2) is 29.0 Å². The van der Waals surface area contributed by atoms with E-state index in [0.717, 1.165) is 9.78 Å². The molecule has 26 heavy (non-hydrogen) atoms. The van der Waals surface area contributed by atoms with Gasteiger partial charge in [-0.05, 0) is 11.4 Å². The van der Waals surface area contributed by atoms with Crippen LogP contribution in [0.5, 0.6) is 0 Å². The van der Waals surface area contributed by atoms with E-state index in [4.69, 9.17) is 10.5 Å². The second-order valence-corrected chi connectivity index (χ2v) is 7.68. The second kappa shape index (κ2) is 7.38. The highest BCUT2D eigenvalue weighted by atomic mass is 32.2. The Balaban J connectivity index is 1.69. The zero-order valence-corrected chi connectivity index (χ0v) is 15.0. The van der Waals surface area contributed by atoms with E-state index in [9.17, 15) is 24.3 Å². The molecule has 1 saturated heterocycles. The van der Waals surface area contributed by atoms with Gasteiger partial charge in [0.25, 0.3) is 11.8 Å². The first-order chi connectivity index (χ1) is 12.4. The number of thiophene rings is 1. The van der Waals surface area contributed by atoms with Gasteiger partial charge in [-0.25, -0.2) is 4.79 Å². The number of ether oxygens (including phenoxy) is 1. The summed E-state index contributed by atoms with van der Waals surface area (Å²) in [5.41, 5.74) is 4.68. The number of hydrogen-bond donors (Lipinski definition) is 3. The Bertz CT molecular complexity index is 791. The minimum atomic E-state index is -1.34. The van der Waals surface area contributed by atoms with Crippen molar-refractivity contribution in [2.24, 2.45) is 5.73 Å². The molecule has 4 N–H and O–H groups in total. The molecular weight excluding hydrogens is 382 g/mol. The molecule has 2 aliphatic heterocycles. The van der Waals surface area contributed by atoms with Gasteiger partial charge in [0.2, 0.25) is 5.91 Å². The third-order valence-electron chi connectivity index (χ3n) is 3.76. The zero-order valence-electron chi connectivity index (χ0n) is 13.3. The molecule has 9 nitrogen and oxygen atoms in total. The highest BCUT2D eigenvalue weighted by Gasteiger charge is 2.54. The summed E-state index contributed by atoms with van der Waals surface area (Å²) in [6, 6.07) is 2.86. The first kappa shape index (κ1) is 18.3. The van der Waals surface area contributed by atoms with Crippen LogP contribution in [0.3, 0.4) is 0 Å². The van der Waals surface area contributed by atoms with Gasteiger partial charge in [-0.2, -0.15) is 0 Å². The fraction of sp³-hybridized carbons (Fsp3) is 0.333. The van der Waals surface area contributed by atoms with Crippen molar-refractivity contribution in [2.75, 3.05) is 12.4 Å². The van der Waals surface area contributed by atoms with Crippen molar-refractivity contribution in [1.82, 2.24) is 10.2 Å². The number of rotatable bonds is 7. The molecule has 11 heteroatoms. The first-order valence-electron chi connectivity index (χ1n) is 7.52. The monoisotopic (exact) mass is 397 g/mol. The van der Waals surface area contributed by atoms with Crippen LogP contribution in [0.2, 0.25) is 0 Å². The molecule has 0 saturated carbocycles. The standard InChI is InChI=1S/C15H15N3O6S2/c16-9(19)5-24-8-6-26-14-11(13(21)18(14)12(8)15(22)23)17-10(20)4-7-2-1-3-25-7/h1-3,11,14H,4-6H2,(H2,16,19)(H,17,20)(H,22,23)/t11-,14+/m0/s1. The lowest BCUT2D eigenvalue weighted by molar-refractivity contribution is -0.151. The number of amides is 3. The normalized spacial score (nSPS) is 21.7. The number of carbonyl (C=O) groups excluding carboxylic acids is 3. The van der Waals surface area contributed by atoms with Crippen LogP contribution in [0, 0.1) is 0 Å². The first-order valence-corrected chi connectivity index (χ1v) is 9.45. The number of β-lactam (4-membered cyclic amide) rings is 1. The molecule has 0 radical (unpaired) electrons. The van der Waals surface area contributed by atoms with Crippen LogP contribution in [-0.2, 0) is 30.3 Å². The number of nitrogens with two attached hydrogens (primary N) is 1. The molecule has 3 amide bonds.